The Balaban J connectivity index is 2.39. The van der Waals surface area contributed by atoms with Crippen LogP contribution in [0.5, 0.6) is 0 Å². The summed E-state index contributed by atoms with van der Waals surface area (Å²) in [4.78, 5) is 14.5. The number of pyridine rings is 1. The normalized spacial score (nSPS) is 12.1. The summed E-state index contributed by atoms with van der Waals surface area (Å²) in [5, 5.41) is 11.5. The van der Waals surface area contributed by atoms with E-state index in [1.165, 1.54) is 0 Å². The van der Waals surface area contributed by atoms with Crippen LogP contribution in [0.2, 0.25) is 0 Å². The van der Waals surface area contributed by atoms with E-state index in [2.05, 4.69) is 10.3 Å². The number of nitrogens with one attached hydrogen (secondary N) is 1. The summed E-state index contributed by atoms with van der Waals surface area (Å²) in [7, 11) is 0. The highest BCUT2D eigenvalue weighted by atomic mass is 16.4. The van der Waals surface area contributed by atoms with E-state index in [4.69, 9.17) is 5.11 Å². The minimum absolute atomic E-state index is 0.395. The van der Waals surface area contributed by atoms with Gasteiger partial charge in [0.2, 0.25) is 0 Å². The van der Waals surface area contributed by atoms with Gasteiger partial charge in [0.25, 0.3) is 0 Å². The van der Waals surface area contributed by atoms with Crippen molar-refractivity contribution in [3.05, 3.63) is 24.4 Å². The van der Waals surface area contributed by atoms with E-state index in [1.54, 1.807) is 19.2 Å². The molecule has 1 heterocycles. The quantitative estimate of drug-likeness (QED) is 0.731. The molecule has 0 aliphatic rings. The van der Waals surface area contributed by atoms with E-state index < -0.39 is 11.9 Å². The van der Waals surface area contributed by atoms with Crippen LogP contribution in [0.15, 0.2) is 24.4 Å². The standard InChI is InChI=1S/C9H12N2O2/c1-7(9(12)13)6-11-8-4-2-3-5-10-8/h2-5,7H,6H2,1H3,(H,10,11)(H,12,13). The Kier molecular flexibility index (Phi) is 3.25. The van der Waals surface area contributed by atoms with Gasteiger partial charge in [0, 0.05) is 12.7 Å². The zero-order valence-electron chi connectivity index (χ0n) is 7.40. The number of aliphatic carboxylic acids is 1. The molecule has 1 atom stereocenters. The molecule has 0 aliphatic heterocycles. The highest BCUT2D eigenvalue weighted by molar-refractivity contribution is 5.70. The molecular formula is C9H12N2O2. The van der Waals surface area contributed by atoms with Crippen molar-refractivity contribution in [1.82, 2.24) is 4.98 Å². The van der Waals surface area contributed by atoms with Gasteiger partial charge >= 0.3 is 5.97 Å². The highest BCUT2D eigenvalue weighted by Crippen LogP contribution is 2.02. The lowest BCUT2D eigenvalue weighted by Gasteiger charge is -2.07. The Bertz CT molecular complexity index is 274. The number of carboxylic acids is 1. The monoisotopic (exact) mass is 180 g/mol. The van der Waals surface area contributed by atoms with Gasteiger partial charge in [-0.3, -0.25) is 4.79 Å². The predicted molar refractivity (Wildman–Crippen MR) is 49.5 cm³/mol. The molecule has 0 aliphatic carbocycles. The molecule has 0 bridgehead atoms. The second-order valence-corrected chi connectivity index (χ2v) is 2.84. The fourth-order valence-corrected chi connectivity index (χ4v) is 0.812. The number of carbonyl (C=O) groups is 1. The maximum absolute atomic E-state index is 10.5. The molecule has 2 N–H and O–H groups in total. The van der Waals surface area contributed by atoms with Gasteiger partial charge in [-0.05, 0) is 12.1 Å². The van der Waals surface area contributed by atoms with E-state index in [-0.39, 0.29) is 0 Å². The van der Waals surface area contributed by atoms with Crippen LogP contribution in [0.1, 0.15) is 6.92 Å². The Morgan fingerprint density at radius 2 is 2.46 bits per heavy atom. The lowest BCUT2D eigenvalue weighted by atomic mass is 10.2. The van der Waals surface area contributed by atoms with Gasteiger partial charge in [-0.2, -0.15) is 0 Å². The molecule has 1 aromatic rings. The van der Waals surface area contributed by atoms with Crippen molar-refractivity contribution in [3.63, 3.8) is 0 Å². The first-order valence-corrected chi connectivity index (χ1v) is 4.08. The Labute approximate surface area is 76.6 Å². The summed E-state index contributed by atoms with van der Waals surface area (Å²) in [5.74, 6) is -0.499. The van der Waals surface area contributed by atoms with Crippen LogP contribution in [0.3, 0.4) is 0 Å². The molecule has 1 aromatic heterocycles. The van der Waals surface area contributed by atoms with Gasteiger partial charge in [-0.25, -0.2) is 4.98 Å². The number of carboxylic acid groups (broad SMARTS) is 1. The third-order valence-electron chi connectivity index (χ3n) is 1.68. The van der Waals surface area contributed by atoms with E-state index in [9.17, 15) is 4.79 Å². The predicted octanol–water partition coefficient (Wildman–Crippen LogP) is 1.21. The topological polar surface area (TPSA) is 62.2 Å². The molecule has 0 amide bonds. The lowest BCUT2D eigenvalue weighted by molar-refractivity contribution is -0.140. The number of nitrogens with zero attached hydrogens (tertiary/aromatic N) is 1. The van der Waals surface area contributed by atoms with E-state index >= 15 is 0 Å². The zero-order valence-corrected chi connectivity index (χ0v) is 7.40. The molecule has 1 rings (SSSR count). The summed E-state index contributed by atoms with van der Waals surface area (Å²) < 4.78 is 0. The van der Waals surface area contributed by atoms with Crippen molar-refractivity contribution < 1.29 is 9.90 Å². The van der Waals surface area contributed by atoms with Crippen LogP contribution in [-0.2, 0) is 4.79 Å². The largest absolute Gasteiger partial charge is 0.481 e. The first-order chi connectivity index (χ1) is 6.20. The van der Waals surface area contributed by atoms with Crippen LogP contribution in [0.25, 0.3) is 0 Å². The SMILES string of the molecule is CC(CNc1ccccn1)C(=O)O. The van der Waals surface area contributed by atoms with Crippen molar-refractivity contribution in [2.45, 2.75) is 6.92 Å². The number of hydrogen-bond acceptors (Lipinski definition) is 3. The van der Waals surface area contributed by atoms with Crippen LogP contribution in [0, 0.1) is 5.92 Å². The summed E-state index contributed by atoms with van der Waals surface area (Å²) >= 11 is 0. The summed E-state index contributed by atoms with van der Waals surface area (Å²) in [6, 6.07) is 5.46. The van der Waals surface area contributed by atoms with Gasteiger partial charge in [-0.15, -0.1) is 0 Å². The molecule has 4 heteroatoms. The van der Waals surface area contributed by atoms with E-state index in [0.29, 0.717) is 12.4 Å². The molecule has 0 saturated carbocycles. The highest BCUT2D eigenvalue weighted by Gasteiger charge is 2.09. The van der Waals surface area contributed by atoms with Crippen molar-refractivity contribution in [3.8, 4) is 0 Å². The molecule has 1 unspecified atom stereocenters. The van der Waals surface area contributed by atoms with Crippen molar-refractivity contribution in [2.75, 3.05) is 11.9 Å². The summed E-state index contributed by atoms with van der Waals surface area (Å²) in [6.45, 7) is 2.05. The second kappa shape index (κ2) is 4.45. The molecule has 0 fully saturated rings. The van der Waals surface area contributed by atoms with Gasteiger partial charge in [0.05, 0.1) is 5.92 Å². The Morgan fingerprint density at radius 3 is 3.00 bits per heavy atom. The van der Waals surface area contributed by atoms with Gasteiger partial charge in [0.1, 0.15) is 5.82 Å². The van der Waals surface area contributed by atoms with Crippen LogP contribution in [-0.4, -0.2) is 22.6 Å². The van der Waals surface area contributed by atoms with Crippen LogP contribution in [0.4, 0.5) is 5.82 Å². The number of hydrogen-bond donors (Lipinski definition) is 2. The first-order valence-electron chi connectivity index (χ1n) is 4.08. The fourth-order valence-electron chi connectivity index (χ4n) is 0.812. The Hall–Kier alpha value is -1.58. The summed E-state index contributed by atoms with van der Waals surface area (Å²) in [5.41, 5.74) is 0. The third kappa shape index (κ3) is 3.11. The number of aromatic nitrogens is 1. The Morgan fingerprint density at radius 1 is 1.69 bits per heavy atom. The first kappa shape index (κ1) is 9.51. The maximum Gasteiger partial charge on any atom is 0.308 e. The molecule has 0 aromatic carbocycles. The van der Waals surface area contributed by atoms with Crippen molar-refractivity contribution in [1.29, 1.82) is 0 Å². The maximum atomic E-state index is 10.5. The van der Waals surface area contributed by atoms with Crippen LogP contribution >= 0.6 is 0 Å². The molecule has 0 radical (unpaired) electrons. The average molecular weight is 180 g/mol. The zero-order chi connectivity index (χ0) is 9.68. The number of rotatable bonds is 4. The molecule has 0 spiro atoms. The van der Waals surface area contributed by atoms with Gasteiger partial charge < -0.3 is 10.4 Å². The molecule has 13 heavy (non-hydrogen) atoms. The molecule has 4 nitrogen and oxygen atoms in total. The third-order valence-corrected chi connectivity index (χ3v) is 1.68. The van der Waals surface area contributed by atoms with Gasteiger partial charge in [0.15, 0.2) is 0 Å². The van der Waals surface area contributed by atoms with E-state index in [0.717, 1.165) is 0 Å². The van der Waals surface area contributed by atoms with Crippen molar-refractivity contribution in [2.24, 2.45) is 5.92 Å². The van der Waals surface area contributed by atoms with Crippen molar-refractivity contribution >= 4 is 11.8 Å². The van der Waals surface area contributed by atoms with Gasteiger partial charge in [-0.1, -0.05) is 13.0 Å². The lowest BCUT2D eigenvalue weighted by Crippen LogP contribution is -2.19. The second-order valence-electron chi connectivity index (χ2n) is 2.84. The van der Waals surface area contributed by atoms with Crippen LogP contribution < -0.4 is 5.32 Å². The number of anilines is 1. The molecule has 70 valence electrons. The molecule has 0 saturated heterocycles. The molecular weight excluding hydrogens is 168 g/mol. The fraction of sp³-hybridized carbons (Fsp3) is 0.333. The minimum Gasteiger partial charge on any atom is -0.481 e. The summed E-state index contributed by atoms with van der Waals surface area (Å²) in [6.07, 6.45) is 1.66. The minimum atomic E-state index is -0.802. The average Bonchev–Trinajstić information content (AvgIpc) is 2.15. The smallest absolute Gasteiger partial charge is 0.308 e. The van der Waals surface area contributed by atoms with E-state index in [1.807, 2.05) is 12.1 Å².